The van der Waals surface area contributed by atoms with Gasteiger partial charge < -0.3 is 4.98 Å². The lowest BCUT2D eigenvalue weighted by molar-refractivity contribution is -0.141. The summed E-state index contributed by atoms with van der Waals surface area (Å²) in [4.78, 5) is 20.2. The molecule has 4 nitrogen and oxygen atoms in total. The first-order valence-corrected chi connectivity index (χ1v) is 4.54. The second kappa shape index (κ2) is 4.00. The van der Waals surface area contributed by atoms with Crippen LogP contribution in [0.4, 0.5) is 13.2 Å². The lowest BCUT2D eigenvalue weighted by atomic mass is 10.2. The molecule has 2 aromatic heterocycles. The largest absolute Gasteiger partial charge is 0.433 e. The van der Waals surface area contributed by atoms with Crippen LogP contribution in [0.2, 0.25) is 0 Å². The molecule has 2 rings (SSSR count). The van der Waals surface area contributed by atoms with Gasteiger partial charge in [-0.1, -0.05) is 0 Å². The third-order valence-electron chi connectivity index (χ3n) is 2.05. The summed E-state index contributed by atoms with van der Waals surface area (Å²) in [5.74, 6) is 0.299. The number of aromatic amines is 1. The molecule has 0 aliphatic rings. The number of hydrogen-bond acceptors (Lipinski definition) is 3. The van der Waals surface area contributed by atoms with Gasteiger partial charge in [0.1, 0.15) is 11.5 Å². The lowest BCUT2D eigenvalue weighted by Gasteiger charge is -2.05. The van der Waals surface area contributed by atoms with Crippen molar-refractivity contribution >= 4 is 6.29 Å². The average Bonchev–Trinajstić information content (AvgIpc) is 2.76. The number of alkyl halides is 3. The smallest absolute Gasteiger partial charge is 0.336 e. The van der Waals surface area contributed by atoms with Crippen molar-refractivity contribution in [1.82, 2.24) is 15.0 Å². The summed E-state index contributed by atoms with van der Waals surface area (Å²) in [7, 11) is 0. The standard InChI is InChI=1S/C10H6F3N3O/c11-10(12,13)8-2-1-6(3-14-8)9-15-4-7(5-17)16-9/h1-5H,(H,15,16). The van der Waals surface area contributed by atoms with Crippen molar-refractivity contribution in [3.63, 3.8) is 0 Å². The zero-order valence-corrected chi connectivity index (χ0v) is 8.32. The highest BCUT2D eigenvalue weighted by atomic mass is 19.4. The Kier molecular flexibility index (Phi) is 2.66. The molecule has 7 heteroatoms. The number of nitrogens with zero attached hydrogens (tertiary/aromatic N) is 2. The van der Waals surface area contributed by atoms with E-state index in [2.05, 4.69) is 15.0 Å². The van der Waals surface area contributed by atoms with Crippen molar-refractivity contribution in [2.75, 3.05) is 0 Å². The summed E-state index contributed by atoms with van der Waals surface area (Å²) in [6, 6.07) is 2.10. The molecule has 0 saturated heterocycles. The molecular formula is C10H6F3N3O. The summed E-state index contributed by atoms with van der Waals surface area (Å²) in [6.45, 7) is 0. The highest BCUT2D eigenvalue weighted by Crippen LogP contribution is 2.28. The van der Waals surface area contributed by atoms with Gasteiger partial charge in [-0.3, -0.25) is 9.78 Å². The zero-order chi connectivity index (χ0) is 12.5. The number of aromatic nitrogens is 3. The fourth-order valence-electron chi connectivity index (χ4n) is 1.24. The van der Waals surface area contributed by atoms with Crippen molar-refractivity contribution in [3.8, 4) is 11.4 Å². The van der Waals surface area contributed by atoms with E-state index in [1.807, 2.05) is 0 Å². The molecule has 88 valence electrons. The van der Waals surface area contributed by atoms with Crippen LogP contribution >= 0.6 is 0 Å². The molecule has 0 fully saturated rings. The minimum absolute atomic E-state index is 0.250. The second-order valence-electron chi connectivity index (χ2n) is 3.23. The Hall–Kier alpha value is -2.18. The van der Waals surface area contributed by atoms with E-state index in [1.54, 1.807) is 0 Å². The van der Waals surface area contributed by atoms with Crippen molar-refractivity contribution in [2.45, 2.75) is 6.18 Å². The Morgan fingerprint density at radius 3 is 2.41 bits per heavy atom. The first-order chi connectivity index (χ1) is 8.00. The highest BCUT2D eigenvalue weighted by molar-refractivity contribution is 5.73. The first-order valence-electron chi connectivity index (χ1n) is 4.54. The Bertz CT molecular complexity index is 530. The molecule has 0 aliphatic heterocycles. The van der Waals surface area contributed by atoms with Crippen LogP contribution in [0.25, 0.3) is 11.4 Å². The monoisotopic (exact) mass is 241 g/mol. The number of H-pyrrole nitrogens is 1. The van der Waals surface area contributed by atoms with Gasteiger partial charge in [0.2, 0.25) is 0 Å². The number of halogens is 3. The van der Waals surface area contributed by atoms with E-state index in [9.17, 15) is 18.0 Å². The molecule has 1 N–H and O–H groups in total. The number of hydrogen-bond donors (Lipinski definition) is 1. The maximum atomic E-state index is 12.2. The Labute approximate surface area is 93.5 Å². The number of aldehydes is 1. The number of pyridine rings is 1. The normalized spacial score (nSPS) is 11.5. The Morgan fingerprint density at radius 1 is 1.18 bits per heavy atom. The van der Waals surface area contributed by atoms with Gasteiger partial charge in [-0.05, 0) is 12.1 Å². The number of rotatable bonds is 2. The van der Waals surface area contributed by atoms with Gasteiger partial charge in [-0.15, -0.1) is 0 Å². The zero-order valence-electron chi connectivity index (χ0n) is 8.32. The molecule has 0 aliphatic carbocycles. The SMILES string of the molecule is O=Cc1cnc(-c2ccc(C(F)(F)F)nc2)[nH]1. The summed E-state index contributed by atoms with van der Waals surface area (Å²) < 4.78 is 36.7. The number of carbonyl (C=O) groups is 1. The van der Waals surface area contributed by atoms with E-state index in [0.717, 1.165) is 12.3 Å². The van der Waals surface area contributed by atoms with Crippen molar-refractivity contribution < 1.29 is 18.0 Å². The Morgan fingerprint density at radius 2 is 1.94 bits per heavy atom. The van der Waals surface area contributed by atoms with Gasteiger partial charge in [-0.2, -0.15) is 13.2 Å². The van der Waals surface area contributed by atoms with E-state index in [4.69, 9.17) is 0 Å². The molecule has 0 bridgehead atoms. The summed E-state index contributed by atoms with van der Waals surface area (Å²) in [6.07, 6.45) is -1.56. The average molecular weight is 241 g/mol. The summed E-state index contributed by atoms with van der Waals surface area (Å²) in [5.41, 5.74) is -0.339. The summed E-state index contributed by atoms with van der Waals surface area (Å²) >= 11 is 0. The molecule has 0 unspecified atom stereocenters. The minimum Gasteiger partial charge on any atom is -0.336 e. The molecule has 2 aromatic rings. The van der Waals surface area contributed by atoms with Gasteiger partial charge >= 0.3 is 6.18 Å². The topological polar surface area (TPSA) is 58.6 Å². The van der Waals surface area contributed by atoms with Crippen molar-refractivity contribution in [1.29, 1.82) is 0 Å². The van der Waals surface area contributed by atoms with Crippen LogP contribution in [0.3, 0.4) is 0 Å². The quantitative estimate of drug-likeness (QED) is 0.820. The lowest BCUT2D eigenvalue weighted by Crippen LogP contribution is -2.07. The van der Waals surface area contributed by atoms with Crippen LogP contribution in [0.1, 0.15) is 16.2 Å². The highest BCUT2D eigenvalue weighted by Gasteiger charge is 2.32. The van der Waals surface area contributed by atoms with E-state index in [0.29, 0.717) is 17.7 Å². The number of carbonyl (C=O) groups excluding carboxylic acids is 1. The van der Waals surface area contributed by atoms with Crippen LogP contribution in [-0.2, 0) is 6.18 Å². The molecular weight excluding hydrogens is 235 g/mol. The molecule has 0 spiro atoms. The molecule has 0 aromatic carbocycles. The molecule has 17 heavy (non-hydrogen) atoms. The molecule has 0 saturated carbocycles. The van der Waals surface area contributed by atoms with E-state index < -0.39 is 11.9 Å². The predicted molar refractivity (Wildman–Crippen MR) is 52.2 cm³/mol. The fourth-order valence-corrected chi connectivity index (χ4v) is 1.24. The second-order valence-corrected chi connectivity index (χ2v) is 3.23. The predicted octanol–water partition coefficient (Wildman–Crippen LogP) is 2.30. The van der Waals surface area contributed by atoms with E-state index in [1.165, 1.54) is 12.3 Å². The number of nitrogens with one attached hydrogen (secondary N) is 1. The van der Waals surface area contributed by atoms with Gasteiger partial charge in [0, 0.05) is 11.8 Å². The van der Waals surface area contributed by atoms with Crippen molar-refractivity contribution in [2.24, 2.45) is 0 Å². The molecule has 2 heterocycles. The molecule has 0 radical (unpaired) electrons. The minimum atomic E-state index is -4.46. The first kappa shape index (κ1) is 11.3. The van der Waals surface area contributed by atoms with Crippen LogP contribution < -0.4 is 0 Å². The molecule has 0 amide bonds. The van der Waals surface area contributed by atoms with E-state index >= 15 is 0 Å². The van der Waals surface area contributed by atoms with Gasteiger partial charge in [-0.25, -0.2) is 4.98 Å². The van der Waals surface area contributed by atoms with Gasteiger partial charge in [0.05, 0.1) is 11.9 Å². The Balaban J connectivity index is 2.32. The fraction of sp³-hybridized carbons (Fsp3) is 0.100. The maximum Gasteiger partial charge on any atom is 0.433 e. The van der Waals surface area contributed by atoms with Gasteiger partial charge in [0.25, 0.3) is 0 Å². The van der Waals surface area contributed by atoms with Crippen LogP contribution in [0.5, 0.6) is 0 Å². The molecule has 0 atom stereocenters. The maximum absolute atomic E-state index is 12.2. The third-order valence-corrected chi connectivity index (χ3v) is 2.05. The van der Waals surface area contributed by atoms with E-state index in [-0.39, 0.29) is 5.69 Å². The third kappa shape index (κ3) is 2.32. The van der Waals surface area contributed by atoms with Crippen molar-refractivity contribution in [3.05, 3.63) is 35.9 Å². The number of imidazole rings is 1. The van der Waals surface area contributed by atoms with Gasteiger partial charge in [0.15, 0.2) is 6.29 Å². The van der Waals surface area contributed by atoms with Crippen LogP contribution in [-0.4, -0.2) is 21.2 Å². The van der Waals surface area contributed by atoms with Crippen LogP contribution in [0.15, 0.2) is 24.5 Å². The van der Waals surface area contributed by atoms with Crippen LogP contribution in [0, 0.1) is 0 Å². The summed E-state index contributed by atoms with van der Waals surface area (Å²) in [5, 5.41) is 0.